The van der Waals surface area contributed by atoms with Crippen molar-refractivity contribution in [1.29, 1.82) is 0 Å². The second-order valence-electron chi connectivity index (χ2n) is 5.77. The molecular weight excluding hydrogens is 467 g/mol. The zero-order valence-corrected chi connectivity index (χ0v) is 18.3. The van der Waals surface area contributed by atoms with Gasteiger partial charge in [0, 0.05) is 21.5 Å². The summed E-state index contributed by atoms with van der Waals surface area (Å²) < 4.78 is 12.1. The number of hydrogen-bond donors (Lipinski definition) is 0. The van der Waals surface area contributed by atoms with Gasteiger partial charge in [-0.25, -0.2) is 9.48 Å². The number of alkyl halides is 1. The lowest BCUT2D eigenvalue weighted by atomic mass is 10.1. The van der Waals surface area contributed by atoms with Crippen LogP contribution in [0.3, 0.4) is 0 Å². The summed E-state index contributed by atoms with van der Waals surface area (Å²) in [7, 11) is 1.61. The van der Waals surface area contributed by atoms with E-state index >= 15 is 0 Å². The maximum Gasteiger partial charge on any atom is 0.359 e. The number of hydrogen-bond acceptors (Lipinski definition) is 4. The summed E-state index contributed by atoms with van der Waals surface area (Å²) in [5.74, 6) is 0.237. The van der Waals surface area contributed by atoms with Crippen molar-refractivity contribution in [2.24, 2.45) is 0 Å². The zero-order valence-electron chi connectivity index (χ0n) is 15.2. The molecular formula is C20H17BrCl2N2O3. The number of rotatable bonds is 6. The standard InChI is InChI=1S/C20H17BrCl2N2O3/c1-3-28-20(26)18-15(11-21)19(12-4-7-14(27-2)8-5-12)25(24-18)17-9-6-13(22)10-16(17)23/h4-10H,3,11H2,1-2H3. The molecule has 2 aromatic carbocycles. The minimum atomic E-state index is -0.490. The summed E-state index contributed by atoms with van der Waals surface area (Å²) >= 11 is 15.9. The van der Waals surface area contributed by atoms with E-state index < -0.39 is 5.97 Å². The Morgan fingerprint density at radius 2 is 1.89 bits per heavy atom. The molecule has 5 nitrogen and oxygen atoms in total. The molecule has 0 N–H and O–H groups in total. The molecule has 0 saturated heterocycles. The van der Waals surface area contributed by atoms with Crippen LogP contribution in [0.2, 0.25) is 10.0 Å². The lowest BCUT2D eigenvalue weighted by molar-refractivity contribution is 0.0518. The zero-order chi connectivity index (χ0) is 20.3. The number of methoxy groups -OCH3 is 1. The van der Waals surface area contributed by atoms with Gasteiger partial charge < -0.3 is 9.47 Å². The Bertz CT molecular complexity index is 1000. The molecule has 0 radical (unpaired) electrons. The van der Waals surface area contributed by atoms with E-state index in [1.54, 1.807) is 36.9 Å². The number of halogens is 3. The van der Waals surface area contributed by atoms with Gasteiger partial charge in [-0.15, -0.1) is 0 Å². The van der Waals surface area contributed by atoms with E-state index in [0.717, 1.165) is 17.0 Å². The van der Waals surface area contributed by atoms with Gasteiger partial charge in [-0.1, -0.05) is 39.1 Å². The first-order valence-electron chi connectivity index (χ1n) is 8.45. The third kappa shape index (κ3) is 4.04. The van der Waals surface area contributed by atoms with Gasteiger partial charge in [0.2, 0.25) is 0 Å². The Morgan fingerprint density at radius 1 is 1.18 bits per heavy atom. The lowest BCUT2D eigenvalue weighted by Crippen LogP contribution is -2.08. The Labute approximate surface area is 181 Å². The van der Waals surface area contributed by atoms with Crippen LogP contribution in [0.25, 0.3) is 16.9 Å². The number of nitrogens with zero attached hydrogens (tertiary/aromatic N) is 2. The van der Waals surface area contributed by atoms with Crippen molar-refractivity contribution in [2.75, 3.05) is 13.7 Å². The van der Waals surface area contributed by atoms with Crippen LogP contribution >= 0.6 is 39.1 Å². The molecule has 0 bridgehead atoms. The summed E-state index contributed by atoms with van der Waals surface area (Å²) in [6.45, 7) is 2.01. The first-order valence-corrected chi connectivity index (χ1v) is 10.3. The fourth-order valence-corrected chi connectivity index (χ4v) is 3.83. The normalized spacial score (nSPS) is 10.8. The van der Waals surface area contributed by atoms with Crippen LogP contribution in [0, 0.1) is 0 Å². The van der Waals surface area contributed by atoms with Crippen LogP contribution in [0.1, 0.15) is 23.0 Å². The smallest absolute Gasteiger partial charge is 0.359 e. The van der Waals surface area contributed by atoms with Crippen LogP contribution in [0.5, 0.6) is 5.75 Å². The molecule has 8 heteroatoms. The van der Waals surface area contributed by atoms with Crippen molar-refractivity contribution >= 4 is 45.1 Å². The molecule has 1 heterocycles. The Hall–Kier alpha value is -2.02. The van der Waals surface area contributed by atoms with Crippen molar-refractivity contribution in [1.82, 2.24) is 9.78 Å². The first kappa shape index (κ1) is 20.7. The van der Waals surface area contributed by atoms with Gasteiger partial charge in [0.15, 0.2) is 5.69 Å². The van der Waals surface area contributed by atoms with Crippen LogP contribution < -0.4 is 4.74 Å². The van der Waals surface area contributed by atoms with Crippen molar-refractivity contribution in [3.63, 3.8) is 0 Å². The molecule has 3 aromatic rings. The van der Waals surface area contributed by atoms with E-state index in [1.165, 1.54) is 0 Å². The first-order chi connectivity index (χ1) is 13.5. The fourth-order valence-electron chi connectivity index (χ4n) is 2.81. The number of carbonyl (C=O) groups excluding carboxylic acids is 1. The average molecular weight is 484 g/mol. The molecule has 0 aliphatic rings. The quantitative estimate of drug-likeness (QED) is 0.322. The minimum Gasteiger partial charge on any atom is -0.497 e. The molecule has 0 spiro atoms. The Balaban J connectivity index is 2.28. The van der Waals surface area contributed by atoms with Crippen LogP contribution in [-0.2, 0) is 10.1 Å². The van der Waals surface area contributed by atoms with Crippen LogP contribution in [0.15, 0.2) is 42.5 Å². The third-order valence-corrected chi connectivity index (χ3v) is 5.19. The van der Waals surface area contributed by atoms with Crippen molar-refractivity contribution in [3.05, 3.63) is 63.8 Å². The molecule has 0 unspecified atom stereocenters. The Kier molecular flexibility index (Phi) is 6.65. The highest BCUT2D eigenvalue weighted by Crippen LogP contribution is 2.35. The molecule has 0 saturated carbocycles. The summed E-state index contributed by atoms with van der Waals surface area (Å²) in [6.07, 6.45) is 0. The average Bonchev–Trinajstić information content (AvgIpc) is 3.07. The molecule has 0 atom stereocenters. The van der Waals surface area contributed by atoms with Crippen LogP contribution in [-0.4, -0.2) is 29.5 Å². The van der Waals surface area contributed by atoms with Gasteiger partial charge in [-0.2, -0.15) is 5.10 Å². The molecule has 0 fully saturated rings. The molecule has 146 valence electrons. The molecule has 0 amide bonds. The SMILES string of the molecule is CCOC(=O)c1nn(-c2ccc(Cl)cc2Cl)c(-c2ccc(OC)cc2)c1CBr. The molecule has 0 aliphatic heterocycles. The highest BCUT2D eigenvalue weighted by atomic mass is 79.9. The summed E-state index contributed by atoms with van der Waals surface area (Å²) in [4.78, 5) is 12.5. The summed E-state index contributed by atoms with van der Waals surface area (Å²) in [5, 5.41) is 5.87. The van der Waals surface area contributed by atoms with E-state index in [-0.39, 0.29) is 12.3 Å². The lowest BCUT2D eigenvalue weighted by Gasteiger charge is -2.11. The minimum absolute atomic E-state index is 0.232. The summed E-state index contributed by atoms with van der Waals surface area (Å²) in [6, 6.07) is 12.6. The molecule has 28 heavy (non-hydrogen) atoms. The van der Waals surface area contributed by atoms with Crippen molar-refractivity contribution < 1.29 is 14.3 Å². The second kappa shape index (κ2) is 8.99. The van der Waals surface area contributed by atoms with E-state index in [9.17, 15) is 4.79 Å². The van der Waals surface area contributed by atoms with E-state index in [4.69, 9.17) is 32.7 Å². The van der Waals surface area contributed by atoms with Crippen molar-refractivity contribution in [2.45, 2.75) is 12.3 Å². The van der Waals surface area contributed by atoms with Gasteiger partial charge in [0.05, 0.1) is 30.1 Å². The number of aromatic nitrogens is 2. The molecule has 1 aromatic heterocycles. The largest absolute Gasteiger partial charge is 0.497 e. The van der Waals surface area contributed by atoms with Gasteiger partial charge >= 0.3 is 5.97 Å². The maximum atomic E-state index is 12.5. The third-order valence-electron chi connectivity index (χ3n) is 4.09. The maximum absolute atomic E-state index is 12.5. The number of carbonyl (C=O) groups is 1. The van der Waals surface area contributed by atoms with E-state index in [1.807, 2.05) is 24.3 Å². The van der Waals surface area contributed by atoms with Gasteiger partial charge in [-0.3, -0.25) is 0 Å². The van der Waals surface area contributed by atoms with Crippen LogP contribution in [0.4, 0.5) is 0 Å². The second-order valence-corrected chi connectivity index (χ2v) is 7.17. The number of benzene rings is 2. The van der Waals surface area contributed by atoms with Gasteiger partial charge in [0.25, 0.3) is 0 Å². The number of ether oxygens (including phenoxy) is 2. The molecule has 0 aliphatic carbocycles. The van der Waals surface area contributed by atoms with E-state index in [0.29, 0.717) is 26.6 Å². The van der Waals surface area contributed by atoms with Crippen molar-refractivity contribution in [3.8, 4) is 22.7 Å². The topological polar surface area (TPSA) is 53.3 Å². The summed E-state index contributed by atoms with van der Waals surface area (Å²) in [5.41, 5.74) is 3.12. The van der Waals surface area contributed by atoms with Gasteiger partial charge in [0.1, 0.15) is 5.75 Å². The Morgan fingerprint density at radius 3 is 2.46 bits per heavy atom. The predicted octanol–water partition coefficient (Wildman–Crippen LogP) is 5.93. The fraction of sp³-hybridized carbons (Fsp3) is 0.200. The predicted molar refractivity (Wildman–Crippen MR) is 114 cm³/mol. The highest BCUT2D eigenvalue weighted by Gasteiger charge is 2.26. The van der Waals surface area contributed by atoms with Gasteiger partial charge in [-0.05, 0) is 49.4 Å². The monoisotopic (exact) mass is 482 g/mol. The number of esters is 1. The van der Waals surface area contributed by atoms with E-state index in [2.05, 4.69) is 21.0 Å². The highest BCUT2D eigenvalue weighted by molar-refractivity contribution is 9.08. The molecule has 3 rings (SSSR count).